The summed E-state index contributed by atoms with van der Waals surface area (Å²) >= 11 is 1.33. The van der Waals surface area contributed by atoms with Gasteiger partial charge in [0.05, 0.1) is 5.69 Å². The molecule has 7 heteroatoms. The highest BCUT2D eigenvalue weighted by Crippen LogP contribution is 2.30. The molecule has 35 heavy (non-hydrogen) atoms. The van der Waals surface area contributed by atoms with Gasteiger partial charge in [-0.2, -0.15) is 4.98 Å². The van der Waals surface area contributed by atoms with Gasteiger partial charge in [0.2, 0.25) is 11.8 Å². The molecule has 2 aromatic carbocycles. The van der Waals surface area contributed by atoms with Crippen molar-refractivity contribution in [2.45, 2.75) is 64.3 Å². The van der Waals surface area contributed by atoms with E-state index in [4.69, 9.17) is 0 Å². The third-order valence-corrected chi connectivity index (χ3v) is 7.20. The number of carbonyl (C=O) groups excluding carboxylic acids is 1. The van der Waals surface area contributed by atoms with Crippen molar-refractivity contribution in [2.75, 3.05) is 11.3 Å². The summed E-state index contributed by atoms with van der Waals surface area (Å²) in [6.07, 6.45) is 4.37. The molecule has 1 atom stereocenters. The number of aromatic nitrogens is 2. The van der Waals surface area contributed by atoms with E-state index >= 15 is 0 Å². The van der Waals surface area contributed by atoms with Gasteiger partial charge in [0.25, 0.3) is 5.91 Å². The predicted octanol–water partition coefficient (Wildman–Crippen LogP) is 6.63. The van der Waals surface area contributed by atoms with Crippen molar-refractivity contribution >= 4 is 23.8 Å². The van der Waals surface area contributed by atoms with Gasteiger partial charge >= 0.3 is 0 Å². The van der Waals surface area contributed by atoms with E-state index in [0.29, 0.717) is 29.2 Å². The molecule has 1 fully saturated rings. The molecule has 1 saturated heterocycles. The van der Waals surface area contributed by atoms with Crippen LogP contribution in [0.25, 0.3) is 11.3 Å². The van der Waals surface area contributed by atoms with Gasteiger partial charge in [-0.3, -0.25) is 9.52 Å². The summed E-state index contributed by atoms with van der Waals surface area (Å²) in [7, 11) is 0. The molecule has 1 aromatic heterocycles. The Hall–Kier alpha value is -3.06. The third kappa shape index (κ3) is 6.14. The number of aryl methyl sites for hydroxylation is 2. The molecular formula is C28H34N4O2S. The largest absolute Gasteiger partial charge is 0.493 e. The minimum absolute atomic E-state index is 0.0917. The van der Waals surface area contributed by atoms with E-state index in [1.165, 1.54) is 18.4 Å². The molecule has 0 radical (unpaired) electrons. The number of amides is 1. The molecule has 0 bridgehead atoms. The van der Waals surface area contributed by atoms with Gasteiger partial charge in [0.15, 0.2) is 0 Å². The number of nitrogens with one attached hydrogen (secondary N) is 1. The zero-order valence-electron chi connectivity index (χ0n) is 20.9. The number of carbonyl (C=O) groups is 1. The first-order valence-corrected chi connectivity index (χ1v) is 13.1. The fourth-order valence-corrected chi connectivity index (χ4v) is 5.48. The zero-order valence-corrected chi connectivity index (χ0v) is 21.7. The Morgan fingerprint density at radius 1 is 1.11 bits per heavy atom. The van der Waals surface area contributed by atoms with E-state index in [-0.39, 0.29) is 11.8 Å². The fourth-order valence-electron chi connectivity index (χ4n) is 4.85. The number of anilines is 1. The van der Waals surface area contributed by atoms with E-state index in [2.05, 4.69) is 33.4 Å². The van der Waals surface area contributed by atoms with Crippen LogP contribution in [0.2, 0.25) is 0 Å². The van der Waals surface area contributed by atoms with E-state index in [1.54, 1.807) is 6.07 Å². The minimum atomic E-state index is -0.0917. The molecule has 4 rings (SSSR count). The van der Waals surface area contributed by atoms with Crippen LogP contribution in [-0.2, 0) is 0 Å². The van der Waals surface area contributed by atoms with Gasteiger partial charge in [-0.15, -0.1) is 0 Å². The van der Waals surface area contributed by atoms with Crippen LogP contribution in [-0.4, -0.2) is 38.5 Å². The maximum absolute atomic E-state index is 13.4. The molecule has 6 nitrogen and oxygen atoms in total. The van der Waals surface area contributed by atoms with Gasteiger partial charge in [0, 0.05) is 34.7 Å². The molecule has 1 unspecified atom stereocenters. The number of likely N-dealkylation sites (tertiary alicyclic amines) is 1. The first kappa shape index (κ1) is 25.0. The normalized spacial score (nSPS) is 15.9. The molecule has 3 aromatic rings. The zero-order chi connectivity index (χ0) is 24.9. The summed E-state index contributed by atoms with van der Waals surface area (Å²) in [5, 5.41) is 10.2. The molecule has 0 saturated carbocycles. The topological polar surface area (TPSA) is 78.4 Å². The second kappa shape index (κ2) is 11.1. The fraction of sp³-hybridized carbons (Fsp3) is 0.393. The molecule has 1 aliphatic rings. The van der Waals surface area contributed by atoms with Crippen molar-refractivity contribution in [3.8, 4) is 17.1 Å². The Morgan fingerprint density at radius 2 is 1.86 bits per heavy atom. The number of nitrogens with zero attached hydrogens (tertiary/aromatic N) is 3. The smallest absolute Gasteiger partial charge is 0.254 e. The standard InChI is InChI=1S/C28H34N4O2S/c1-18(2)15-22-12-5-6-14-32(22)27(34)21-11-8-13-23(16-21)35-31-28-29-24(17-25(33)30-28)26-19(3)9-7-10-20(26)4/h7-11,13,16-18,22H,5-6,12,14-15H2,1-4H3,(H2,29,30,31,33). The molecule has 2 heterocycles. The average molecular weight is 491 g/mol. The number of hydrogen-bond acceptors (Lipinski definition) is 6. The second-order valence-corrected chi connectivity index (χ2v) is 10.6. The minimum Gasteiger partial charge on any atom is -0.493 e. The maximum Gasteiger partial charge on any atom is 0.254 e. The van der Waals surface area contributed by atoms with Crippen molar-refractivity contribution in [1.29, 1.82) is 0 Å². The first-order chi connectivity index (χ1) is 16.8. The van der Waals surface area contributed by atoms with E-state index in [1.807, 2.05) is 56.3 Å². The highest BCUT2D eigenvalue weighted by Gasteiger charge is 2.28. The number of benzene rings is 2. The van der Waals surface area contributed by atoms with Gasteiger partial charge in [-0.05, 0) is 86.7 Å². The van der Waals surface area contributed by atoms with Crippen molar-refractivity contribution in [3.63, 3.8) is 0 Å². The van der Waals surface area contributed by atoms with Crippen LogP contribution < -0.4 is 4.72 Å². The SMILES string of the molecule is Cc1cccc(C)c1-c1cc(O)nc(NSc2cccc(C(=O)N3CCCCC3CC(C)C)c2)n1. The van der Waals surface area contributed by atoms with Gasteiger partial charge < -0.3 is 10.0 Å². The second-order valence-electron chi connectivity index (χ2n) is 9.71. The summed E-state index contributed by atoms with van der Waals surface area (Å²) in [4.78, 5) is 25.1. The molecule has 1 amide bonds. The Morgan fingerprint density at radius 3 is 2.60 bits per heavy atom. The summed E-state index contributed by atoms with van der Waals surface area (Å²) < 4.78 is 3.14. The van der Waals surface area contributed by atoms with Crippen LogP contribution in [0.4, 0.5) is 5.95 Å². The lowest BCUT2D eigenvalue weighted by molar-refractivity contribution is 0.0584. The summed E-state index contributed by atoms with van der Waals surface area (Å²) in [5.74, 6) is 0.891. The monoisotopic (exact) mass is 490 g/mol. The van der Waals surface area contributed by atoms with Crippen molar-refractivity contribution in [2.24, 2.45) is 5.92 Å². The van der Waals surface area contributed by atoms with E-state index < -0.39 is 0 Å². The number of hydrogen-bond donors (Lipinski definition) is 2. The Labute approximate surface area is 212 Å². The van der Waals surface area contributed by atoms with Crippen LogP contribution in [0.15, 0.2) is 53.4 Å². The van der Waals surface area contributed by atoms with Crippen molar-refractivity contribution in [1.82, 2.24) is 14.9 Å². The molecule has 184 valence electrons. The van der Waals surface area contributed by atoms with Crippen LogP contribution >= 0.6 is 11.9 Å². The molecule has 2 N–H and O–H groups in total. The maximum atomic E-state index is 13.4. The van der Waals surface area contributed by atoms with Gasteiger partial charge in [0.1, 0.15) is 0 Å². The van der Waals surface area contributed by atoms with Crippen LogP contribution in [0.5, 0.6) is 5.88 Å². The predicted molar refractivity (Wildman–Crippen MR) is 143 cm³/mol. The molecular weight excluding hydrogens is 456 g/mol. The third-order valence-electron chi connectivity index (χ3n) is 6.42. The van der Waals surface area contributed by atoms with E-state index in [9.17, 15) is 9.90 Å². The Bertz CT molecular complexity index is 1180. The lowest BCUT2D eigenvalue weighted by Gasteiger charge is -2.37. The summed E-state index contributed by atoms with van der Waals surface area (Å²) in [6, 6.07) is 15.6. The average Bonchev–Trinajstić information content (AvgIpc) is 2.82. The Balaban J connectivity index is 1.50. The quantitative estimate of drug-likeness (QED) is 0.362. The lowest BCUT2D eigenvalue weighted by atomic mass is 9.93. The first-order valence-electron chi connectivity index (χ1n) is 12.3. The van der Waals surface area contributed by atoms with E-state index in [0.717, 1.165) is 47.4 Å². The van der Waals surface area contributed by atoms with Crippen LogP contribution in [0, 0.1) is 19.8 Å². The number of aromatic hydroxyl groups is 1. The number of piperidine rings is 1. The Kier molecular flexibility index (Phi) is 7.96. The van der Waals surface area contributed by atoms with Crippen LogP contribution in [0.3, 0.4) is 0 Å². The van der Waals surface area contributed by atoms with Crippen molar-refractivity contribution in [3.05, 3.63) is 65.2 Å². The summed E-state index contributed by atoms with van der Waals surface area (Å²) in [6.45, 7) is 9.31. The van der Waals surface area contributed by atoms with Crippen LogP contribution in [0.1, 0.15) is 61.0 Å². The molecule has 0 aliphatic carbocycles. The molecule has 0 spiro atoms. The summed E-state index contributed by atoms with van der Waals surface area (Å²) in [5.41, 5.74) is 4.52. The lowest BCUT2D eigenvalue weighted by Crippen LogP contribution is -2.44. The van der Waals surface area contributed by atoms with Gasteiger partial charge in [-0.1, -0.05) is 38.1 Å². The van der Waals surface area contributed by atoms with Crippen molar-refractivity contribution < 1.29 is 9.90 Å². The highest BCUT2D eigenvalue weighted by molar-refractivity contribution is 8.00. The van der Waals surface area contributed by atoms with Gasteiger partial charge in [-0.25, -0.2) is 4.98 Å². The number of rotatable bonds is 7. The highest BCUT2D eigenvalue weighted by atomic mass is 32.2. The molecule has 1 aliphatic heterocycles.